The molecular formula is C18H14ClN3O2S. The van der Waals surface area contributed by atoms with Crippen molar-refractivity contribution < 1.29 is 9.53 Å². The molecule has 0 saturated carbocycles. The summed E-state index contributed by atoms with van der Waals surface area (Å²) in [5.41, 5.74) is 1.90. The predicted octanol–water partition coefficient (Wildman–Crippen LogP) is 4.48. The van der Waals surface area contributed by atoms with Crippen LogP contribution in [-0.2, 0) is 0 Å². The van der Waals surface area contributed by atoms with Crippen LogP contribution in [0.3, 0.4) is 0 Å². The van der Waals surface area contributed by atoms with E-state index in [1.807, 2.05) is 48.5 Å². The molecule has 2 aromatic carbocycles. The Kier molecular flexibility index (Phi) is 4.23. The Labute approximate surface area is 154 Å². The minimum absolute atomic E-state index is 0.0187. The van der Waals surface area contributed by atoms with Gasteiger partial charge >= 0.3 is 0 Å². The normalized spacial score (nSPS) is 16.6. The Morgan fingerprint density at radius 1 is 1.16 bits per heavy atom. The number of halogens is 1. The molecule has 0 saturated heterocycles. The highest BCUT2D eigenvalue weighted by Gasteiger charge is 2.30. The number of hydrogen-bond acceptors (Lipinski definition) is 5. The van der Waals surface area contributed by atoms with Gasteiger partial charge in [0.2, 0.25) is 0 Å². The molecule has 25 heavy (non-hydrogen) atoms. The number of hydrogen-bond donors (Lipinski definition) is 0. The molecule has 126 valence electrons. The van der Waals surface area contributed by atoms with Crippen molar-refractivity contribution in [1.29, 1.82) is 0 Å². The van der Waals surface area contributed by atoms with Gasteiger partial charge in [0.15, 0.2) is 11.0 Å². The maximum absolute atomic E-state index is 12.5. The Balaban J connectivity index is 1.64. The maximum Gasteiger partial charge on any atom is 0.250 e. The van der Waals surface area contributed by atoms with Crippen LogP contribution in [0.4, 0.5) is 0 Å². The molecule has 4 rings (SSSR count). The van der Waals surface area contributed by atoms with Crippen molar-refractivity contribution in [1.82, 2.24) is 14.8 Å². The third kappa shape index (κ3) is 3.15. The van der Waals surface area contributed by atoms with E-state index in [0.717, 1.165) is 16.9 Å². The second kappa shape index (κ2) is 6.54. The topological polar surface area (TPSA) is 57.0 Å². The van der Waals surface area contributed by atoms with E-state index in [-0.39, 0.29) is 11.2 Å². The lowest BCUT2D eigenvalue weighted by molar-refractivity contribution is 0.0868. The summed E-state index contributed by atoms with van der Waals surface area (Å²) in [5, 5.41) is 5.69. The van der Waals surface area contributed by atoms with Crippen molar-refractivity contribution in [2.75, 3.05) is 7.11 Å². The largest absolute Gasteiger partial charge is 0.497 e. The van der Waals surface area contributed by atoms with Gasteiger partial charge in [0.05, 0.1) is 7.11 Å². The minimum Gasteiger partial charge on any atom is -0.497 e. The summed E-state index contributed by atoms with van der Waals surface area (Å²) in [6, 6.07) is 15.0. The van der Waals surface area contributed by atoms with Gasteiger partial charge in [-0.25, -0.2) is 4.98 Å². The van der Waals surface area contributed by atoms with Crippen molar-refractivity contribution in [3.8, 4) is 17.1 Å². The number of benzene rings is 2. The van der Waals surface area contributed by atoms with Crippen LogP contribution in [-0.4, -0.2) is 27.8 Å². The molecular weight excluding hydrogens is 358 g/mol. The second-order valence-corrected chi connectivity index (χ2v) is 7.22. The summed E-state index contributed by atoms with van der Waals surface area (Å²) in [6.07, 6.45) is 0.380. The molecule has 0 aliphatic carbocycles. The monoisotopic (exact) mass is 371 g/mol. The first-order chi connectivity index (χ1) is 12.1. The van der Waals surface area contributed by atoms with Crippen LogP contribution >= 0.6 is 23.4 Å². The van der Waals surface area contributed by atoms with Crippen LogP contribution in [0.15, 0.2) is 53.7 Å². The van der Waals surface area contributed by atoms with Crippen LogP contribution in [0, 0.1) is 0 Å². The number of nitrogens with zero attached hydrogens (tertiary/aromatic N) is 3. The minimum atomic E-state index is -0.0547. The number of ether oxygens (including phenoxy) is 1. The number of thioether (sulfide) groups is 1. The average Bonchev–Trinajstić information content (AvgIpc) is 3.07. The van der Waals surface area contributed by atoms with Crippen molar-refractivity contribution in [2.24, 2.45) is 0 Å². The van der Waals surface area contributed by atoms with E-state index in [1.54, 1.807) is 18.9 Å². The van der Waals surface area contributed by atoms with Gasteiger partial charge in [0, 0.05) is 22.3 Å². The van der Waals surface area contributed by atoms with Crippen LogP contribution in [0.2, 0.25) is 5.02 Å². The highest BCUT2D eigenvalue weighted by Crippen LogP contribution is 2.41. The molecule has 1 aliphatic heterocycles. The predicted molar refractivity (Wildman–Crippen MR) is 97.3 cm³/mol. The summed E-state index contributed by atoms with van der Waals surface area (Å²) in [4.78, 5) is 17.0. The number of fused-ring (bicyclic) bond motifs is 1. The van der Waals surface area contributed by atoms with Gasteiger partial charge in [-0.15, -0.1) is 5.10 Å². The highest BCUT2D eigenvalue weighted by atomic mass is 35.5. The van der Waals surface area contributed by atoms with E-state index in [9.17, 15) is 4.79 Å². The maximum atomic E-state index is 12.5. The zero-order valence-electron chi connectivity index (χ0n) is 13.3. The van der Waals surface area contributed by atoms with E-state index >= 15 is 0 Å². The lowest BCUT2D eigenvalue weighted by Gasteiger charge is -2.20. The summed E-state index contributed by atoms with van der Waals surface area (Å²) in [6.45, 7) is 0. The second-order valence-electron chi connectivity index (χ2n) is 5.61. The number of rotatable bonds is 3. The molecule has 0 fully saturated rings. The number of aromatic nitrogens is 3. The van der Waals surface area contributed by atoms with Crippen molar-refractivity contribution in [2.45, 2.75) is 16.8 Å². The van der Waals surface area contributed by atoms with E-state index in [0.29, 0.717) is 22.4 Å². The molecule has 7 heteroatoms. The van der Waals surface area contributed by atoms with Gasteiger partial charge in [-0.05, 0) is 42.0 Å². The molecule has 0 bridgehead atoms. The quantitative estimate of drug-likeness (QED) is 0.679. The average molecular weight is 372 g/mol. The number of carbonyl (C=O) groups excluding carboxylic acids is 1. The molecule has 1 atom stereocenters. The molecule has 0 spiro atoms. The first-order valence-electron chi connectivity index (χ1n) is 7.71. The molecule has 0 unspecified atom stereocenters. The van der Waals surface area contributed by atoms with Crippen molar-refractivity contribution in [3.63, 3.8) is 0 Å². The Morgan fingerprint density at radius 2 is 1.88 bits per heavy atom. The fourth-order valence-electron chi connectivity index (χ4n) is 2.68. The Bertz CT molecular complexity index is 922. The summed E-state index contributed by atoms with van der Waals surface area (Å²) >= 11 is 7.49. The Morgan fingerprint density at radius 3 is 2.56 bits per heavy atom. The van der Waals surface area contributed by atoms with Gasteiger partial charge in [-0.2, -0.15) is 4.68 Å². The van der Waals surface area contributed by atoms with Crippen LogP contribution in [0.1, 0.15) is 22.0 Å². The molecule has 1 aliphatic rings. The molecule has 3 aromatic rings. The summed E-state index contributed by atoms with van der Waals surface area (Å²) in [7, 11) is 1.62. The lowest BCUT2D eigenvalue weighted by Crippen LogP contribution is -2.20. The SMILES string of the molecule is COc1ccc(-c2nc3n(n2)C(=O)C[C@H](c2ccc(Cl)cc2)S3)cc1. The van der Waals surface area contributed by atoms with Crippen molar-refractivity contribution in [3.05, 3.63) is 59.1 Å². The van der Waals surface area contributed by atoms with E-state index in [1.165, 1.54) is 4.68 Å². The van der Waals surface area contributed by atoms with Crippen LogP contribution < -0.4 is 4.74 Å². The highest BCUT2D eigenvalue weighted by molar-refractivity contribution is 7.99. The molecule has 1 aromatic heterocycles. The first-order valence-corrected chi connectivity index (χ1v) is 8.96. The van der Waals surface area contributed by atoms with Gasteiger partial charge in [0.25, 0.3) is 5.91 Å². The van der Waals surface area contributed by atoms with Gasteiger partial charge < -0.3 is 4.74 Å². The zero-order chi connectivity index (χ0) is 17.4. The number of carbonyl (C=O) groups is 1. The molecule has 0 radical (unpaired) electrons. The fourth-order valence-corrected chi connectivity index (χ4v) is 3.96. The zero-order valence-corrected chi connectivity index (χ0v) is 14.9. The Hall–Kier alpha value is -2.31. The lowest BCUT2D eigenvalue weighted by atomic mass is 10.1. The standard InChI is InChI=1S/C18H14ClN3O2S/c1-24-14-8-4-12(5-9-14)17-20-18-22(21-17)16(23)10-15(25-18)11-2-6-13(19)7-3-11/h2-9,15H,10H2,1H3/t15-/m1/s1. The molecule has 5 nitrogen and oxygen atoms in total. The van der Waals surface area contributed by atoms with Gasteiger partial charge in [0.1, 0.15) is 5.75 Å². The molecule has 0 N–H and O–H groups in total. The summed E-state index contributed by atoms with van der Waals surface area (Å²) in [5.74, 6) is 1.25. The van der Waals surface area contributed by atoms with Crippen LogP contribution in [0.5, 0.6) is 5.75 Å². The van der Waals surface area contributed by atoms with E-state index < -0.39 is 0 Å². The molecule has 0 amide bonds. The first kappa shape index (κ1) is 16.2. The van der Waals surface area contributed by atoms with E-state index in [4.69, 9.17) is 16.3 Å². The van der Waals surface area contributed by atoms with Crippen molar-refractivity contribution >= 4 is 29.3 Å². The number of methoxy groups -OCH3 is 1. The van der Waals surface area contributed by atoms with Gasteiger partial charge in [-0.3, -0.25) is 4.79 Å². The third-order valence-corrected chi connectivity index (χ3v) is 5.46. The third-order valence-electron chi connectivity index (χ3n) is 4.01. The summed E-state index contributed by atoms with van der Waals surface area (Å²) < 4.78 is 6.56. The fraction of sp³-hybridized carbons (Fsp3) is 0.167. The smallest absolute Gasteiger partial charge is 0.250 e. The van der Waals surface area contributed by atoms with Gasteiger partial charge in [-0.1, -0.05) is 35.5 Å². The van der Waals surface area contributed by atoms with Crippen LogP contribution in [0.25, 0.3) is 11.4 Å². The molecule has 2 heterocycles. The van der Waals surface area contributed by atoms with E-state index in [2.05, 4.69) is 10.1 Å².